The zero-order valence-corrected chi connectivity index (χ0v) is 12.2. The van der Waals surface area contributed by atoms with Crippen LogP contribution in [-0.2, 0) is 20.8 Å². The van der Waals surface area contributed by atoms with Crippen LogP contribution >= 0.6 is 0 Å². The lowest BCUT2D eigenvalue weighted by Crippen LogP contribution is -2.52. The Hall–Kier alpha value is -2.81. The number of hydrogen-bond acceptors (Lipinski definition) is 3. The fourth-order valence-electron chi connectivity index (χ4n) is 1.89. The van der Waals surface area contributed by atoms with Crippen molar-refractivity contribution in [1.29, 1.82) is 0 Å². The number of carboxylic acid groups (broad SMARTS) is 1. The standard InChI is InChI=1S/C16H18N2O4/c1-3-7-13(16(21)22)18-15(20)14(17-11(2)19)10-12-8-5-4-6-9-12/h1,4-6,8-9,13-14H,7,10H2,2H3,(H,17,19)(H,18,20)(H,21,22)/t13-,14+/m1/s1. The van der Waals surface area contributed by atoms with Gasteiger partial charge in [0.2, 0.25) is 11.8 Å². The predicted molar refractivity (Wildman–Crippen MR) is 80.8 cm³/mol. The highest BCUT2D eigenvalue weighted by atomic mass is 16.4. The van der Waals surface area contributed by atoms with Crippen molar-refractivity contribution in [2.45, 2.75) is 31.8 Å². The summed E-state index contributed by atoms with van der Waals surface area (Å²) >= 11 is 0. The van der Waals surface area contributed by atoms with E-state index in [1.807, 2.05) is 30.3 Å². The van der Waals surface area contributed by atoms with Crippen LogP contribution in [0.3, 0.4) is 0 Å². The third-order valence-corrected chi connectivity index (χ3v) is 2.91. The number of terminal acetylenes is 1. The van der Waals surface area contributed by atoms with Crippen LogP contribution in [0.15, 0.2) is 30.3 Å². The van der Waals surface area contributed by atoms with E-state index in [4.69, 9.17) is 11.5 Å². The van der Waals surface area contributed by atoms with Crippen molar-refractivity contribution in [2.75, 3.05) is 0 Å². The van der Waals surface area contributed by atoms with Crippen LogP contribution in [0.1, 0.15) is 18.9 Å². The number of carbonyl (C=O) groups is 3. The van der Waals surface area contributed by atoms with E-state index in [1.54, 1.807) is 0 Å². The average molecular weight is 302 g/mol. The van der Waals surface area contributed by atoms with Gasteiger partial charge in [-0.1, -0.05) is 30.3 Å². The Kier molecular flexibility index (Phi) is 6.64. The van der Waals surface area contributed by atoms with Crippen LogP contribution in [0.2, 0.25) is 0 Å². The molecule has 0 aliphatic heterocycles. The molecule has 6 nitrogen and oxygen atoms in total. The summed E-state index contributed by atoms with van der Waals surface area (Å²) < 4.78 is 0. The molecule has 0 saturated carbocycles. The van der Waals surface area contributed by atoms with Gasteiger partial charge in [0.05, 0.1) is 0 Å². The zero-order chi connectivity index (χ0) is 16.5. The van der Waals surface area contributed by atoms with E-state index in [9.17, 15) is 14.4 Å². The van der Waals surface area contributed by atoms with E-state index in [0.29, 0.717) is 0 Å². The first-order chi connectivity index (χ1) is 10.4. The molecule has 0 unspecified atom stereocenters. The van der Waals surface area contributed by atoms with E-state index in [1.165, 1.54) is 6.92 Å². The Morgan fingerprint density at radius 3 is 2.32 bits per heavy atom. The molecule has 0 fully saturated rings. The number of amides is 2. The van der Waals surface area contributed by atoms with Crippen molar-refractivity contribution in [2.24, 2.45) is 0 Å². The van der Waals surface area contributed by atoms with Crippen LogP contribution in [0.25, 0.3) is 0 Å². The second-order valence-electron chi connectivity index (χ2n) is 4.75. The minimum Gasteiger partial charge on any atom is -0.480 e. The Morgan fingerprint density at radius 1 is 1.18 bits per heavy atom. The number of rotatable bonds is 7. The monoisotopic (exact) mass is 302 g/mol. The molecule has 2 amide bonds. The average Bonchev–Trinajstić information content (AvgIpc) is 2.46. The zero-order valence-electron chi connectivity index (χ0n) is 12.2. The summed E-state index contributed by atoms with van der Waals surface area (Å²) in [4.78, 5) is 34.5. The normalized spacial score (nSPS) is 12.5. The van der Waals surface area contributed by atoms with Crippen molar-refractivity contribution in [3.05, 3.63) is 35.9 Å². The molecule has 0 aliphatic carbocycles. The number of benzene rings is 1. The number of nitrogens with one attached hydrogen (secondary N) is 2. The van der Waals surface area contributed by atoms with E-state index >= 15 is 0 Å². The number of carboxylic acids is 1. The molecule has 3 N–H and O–H groups in total. The van der Waals surface area contributed by atoms with Crippen LogP contribution in [-0.4, -0.2) is 35.0 Å². The molecule has 1 rings (SSSR count). The van der Waals surface area contributed by atoms with Crippen molar-refractivity contribution in [3.63, 3.8) is 0 Å². The van der Waals surface area contributed by atoms with Gasteiger partial charge in [0.15, 0.2) is 0 Å². The maximum absolute atomic E-state index is 12.2. The summed E-state index contributed by atoms with van der Waals surface area (Å²) in [6.07, 6.45) is 5.22. The molecule has 1 aromatic carbocycles. The molecule has 0 spiro atoms. The van der Waals surface area contributed by atoms with E-state index < -0.39 is 24.0 Å². The van der Waals surface area contributed by atoms with Gasteiger partial charge >= 0.3 is 5.97 Å². The summed E-state index contributed by atoms with van der Waals surface area (Å²) in [5.74, 6) is 0.0290. The van der Waals surface area contributed by atoms with Crippen molar-refractivity contribution < 1.29 is 19.5 Å². The first kappa shape index (κ1) is 17.2. The van der Waals surface area contributed by atoms with Crippen molar-refractivity contribution >= 4 is 17.8 Å². The lowest BCUT2D eigenvalue weighted by Gasteiger charge is -2.20. The van der Waals surface area contributed by atoms with Gasteiger partial charge in [-0.25, -0.2) is 4.79 Å². The molecule has 0 heterocycles. The molecule has 22 heavy (non-hydrogen) atoms. The largest absolute Gasteiger partial charge is 0.480 e. The van der Waals surface area contributed by atoms with Gasteiger partial charge in [-0.2, -0.15) is 0 Å². The number of aliphatic carboxylic acids is 1. The summed E-state index contributed by atoms with van der Waals surface area (Å²) in [5, 5.41) is 13.9. The quantitative estimate of drug-likeness (QED) is 0.632. The fourth-order valence-corrected chi connectivity index (χ4v) is 1.89. The van der Waals surface area contributed by atoms with Crippen molar-refractivity contribution in [3.8, 4) is 12.3 Å². The van der Waals surface area contributed by atoms with Gasteiger partial charge in [-0.15, -0.1) is 12.3 Å². The summed E-state index contributed by atoms with van der Waals surface area (Å²) in [6, 6.07) is 7.07. The first-order valence-electron chi connectivity index (χ1n) is 6.71. The molecule has 116 valence electrons. The van der Waals surface area contributed by atoms with Gasteiger partial charge in [0.1, 0.15) is 12.1 Å². The van der Waals surface area contributed by atoms with Gasteiger partial charge in [-0.3, -0.25) is 9.59 Å². The Bertz CT molecular complexity index is 578. The van der Waals surface area contributed by atoms with Crippen LogP contribution < -0.4 is 10.6 Å². The van der Waals surface area contributed by atoms with Crippen molar-refractivity contribution in [1.82, 2.24) is 10.6 Å². The van der Waals surface area contributed by atoms with Gasteiger partial charge in [0.25, 0.3) is 0 Å². The molecule has 0 radical (unpaired) electrons. The fraction of sp³-hybridized carbons (Fsp3) is 0.312. The van der Waals surface area contributed by atoms with E-state index in [-0.39, 0.29) is 18.7 Å². The van der Waals surface area contributed by atoms with E-state index in [2.05, 4.69) is 16.6 Å². The molecule has 1 aromatic rings. The molecule has 0 aromatic heterocycles. The highest BCUT2D eigenvalue weighted by Crippen LogP contribution is 2.04. The maximum Gasteiger partial charge on any atom is 0.327 e. The summed E-state index contributed by atoms with van der Waals surface area (Å²) in [5.41, 5.74) is 0.847. The highest BCUT2D eigenvalue weighted by molar-refractivity contribution is 5.90. The Balaban J connectivity index is 2.82. The molecule has 0 saturated heterocycles. The second kappa shape index (κ2) is 8.47. The number of carbonyl (C=O) groups excluding carboxylic acids is 2. The van der Waals surface area contributed by atoms with Crippen LogP contribution in [0, 0.1) is 12.3 Å². The maximum atomic E-state index is 12.2. The predicted octanol–water partition coefficient (Wildman–Crippen LogP) is 0.326. The molecule has 2 atom stereocenters. The topological polar surface area (TPSA) is 95.5 Å². The summed E-state index contributed by atoms with van der Waals surface area (Å²) in [7, 11) is 0. The minimum absolute atomic E-state index is 0.126. The van der Waals surface area contributed by atoms with Crippen LogP contribution in [0.5, 0.6) is 0 Å². The third kappa shape index (κ3) is 5.67. The van der Waals surface area contributed by atoms with Crippen LogP contribution in [0.4, 0.5) is 0 Å². The minimum atomic E-state index is -1.22. The lowest BCUT2D eigenvalue weighted by molar-refractivity contribution is -0.142. The second-order valence-corrected chi connectivity index (χ2v) is 4.75. The van der Waals surface area contributed by atoms with Gasteiger partial charge in [0, 0.05) is 19.8 Å². The Morgan fingerprint density at radius 2 is 1.82 bits per heavy atom. The van der Waals surface area contributed by atoms with Gasteiger partial charge < -0.3 is 15.7 Å². The summed E-state index contributed by atoms with van der Waals surface area (Å²) in [6.45, 7) is 1.29. The molecule has 6 heteroatoms. The lowest BCUT2D eigenvalue weighted by atomic mass is 10.0. The number of hydrogen-bond donors (Lipinski definition) is 3. The third-order valence-electron chi connectivity index (χ3n) is 2.91. The highest BCUT2D eigenvalue weighted by Gasteiger charge is 2.25. The SMILES string of the molecule is C#CC[C@@H](NC(=O)[C@H](Cc1ccccc1)NC(C)=O)C(=O)O. The molecule has 0 bridgehead atoms. The van der Waals surface area contributed by atoms with Gasteiger partial charge in [-0.05, 0) is 5.56 Å². The first-order valence-corrected chi connectivity index (χ1v) is 6.71. The molecular weight excluding hydrogens is 284 g/mol. The smallest absolute Gasteiger partial charge is 0.327 e. The molecular formula is C16H18N2O4. The molecule has 0 aliphatic rings. The van der Waals surface area contributed by atoms with E-state index in [0.717, 1.165) is 5.56 Å². The Labute approximate surface area is 128 Å².